The van der Waals surface area contributed by atoms with Gasteiger partial charge in [-0.3, -0.25) is 9.59 Å². The lowest BCUT2D eigenvalue weighted by atomic mass is 10.0. The molecule has 0 bridgehead atoms. The van der Waals surface area contributed by atoms with Crippen molar-refractivity contribution >= 4 is 33.3 Å². The Labute approximate surface area is 188 Å². The predicted octanol–water partition coefficient (Wildman–Crippen LogP) is 3.84. The highest BCUT2D eigenvalue weighted by molar-refractivity contribution is 7.21. The van der Waals surface area contributed by atoms with Crippen molar-refractivity contribution in [2.24, 2.45) is 0 Å². The largest absolute Gasteiger partial charge is 0.467 e. The molecule has 1 unspecified atom stereocenters. The summed E-state index contributed by atoms with van der Waals surface area (Å²) < 4.78 is 5.75. The molecule has 1 heterocycles. The summed E-state index contributed by atoms with van der Waals surface area (Å²) >= 11 is 1.43. The Morgan fingerprint density at radius 3 is 2.53 bits per heavy atom. The summed E-state index contributed by atoms with van der Waals surface area (Å²) in [6, 6.07) is 22.6. The Hall–Kier alpha value is -3.84. The number of amides is 1. The number of carbonyl (C=O) groups is 2. The normalized spacial score (nSPS) is 11.7. The smallest absolute Gasteiger partial charge is 0.328 e. The summed E-state index contributed by atoms with van der Waals surface area (Å²) in [5.74, 6) is -0.889. The van der Waals surface area contributed by atoms with Gasteiger partial charge in [0.25, 0.3) is 11.5 Å². The van der Waals surface area contributed by atoms with Gasteiger partial charge in [0.2, 0.25) is 0 Å². The van der Waals surface area contributed by atoms with E-state index in [0.29, 0.717) is 16.0 Å². The summed E-state index contributed by atoms with van der Waals surface area (Å²) in [5, 5.41) is 3.93. The highest BCUT2D eigenvalue weighted by Crippen LogP contribution is 2.26. The maximum absolute atomic E-state index is 12.6. The number of carbonyl (C=O) groups excluding carboxylic acids is 2. The van der Waals surface area contributed by atoms with Gasteiger partial charge in [0.1, 0.15) is 11.0 Å². The van der Waals surface area contributed by atoms with Crippen molar-refractivity contribution in [1.82, 2.24) is 10.3 Å². The van der Waals surface area contributed by atoms with Gasteiger partial charge in [-0.2, -0.15) is 4.98 Å². The number of hydrogen-bond donors (Lipinski definition) is 1. The van der Waals surface area contributed by atoms with Gasteiger partial charge < -0.3 is 10.1 Å². The van der Waals surface area contributed by atoms with Crippen molar-refractivity contribution in [2.45, 2.75) is 12.5 Å². The van der Waals surface area contributed by atoms with Gasteiger partial charge in [0.15, 0.2) is 0 Å². The second kappa shape index (κ2) is 9.53. The van der Waals surface area contributed by atoms with E-state index in [1.54, 1.807) is 30.3 Å². The van der Waals surface area contributed by atoms with Crippen molar-refractivity contribution in [3.63, 3.8) is 0 Å². The van der Waals surface area contributed by atoms with Crippen LogP contribution in [0.25, 0.3) is 20.7 Å². The molecule has 7 heteroatoms. The third kappa shape index (κ3) is 4.73. The van der Waals surface area contributed by atoms with Crippen LogP contribution in [-0.4, -0.2) is 30.0 Å². The van der Waals surface area contributed by atoms with Crippen LogP contribution in [0.3, 0.4) is 0 Å². The van der Waals surface area contributed by atoms with Crippen molar-refractivity contribution < 1.29 is 14.3 Å². The number of methoxy groups -OCH3 is 1. The Morgan fingerprint density at radius 2 is 1.75 bits per heavy atom. The maximum atomic E-state index is 12.6. The first kappa shape index (κ1) is 21.4. The molecule has 0 saturated heterocycles. The molecule has 0 saturated carbocycles. The molecule has 0 aliphatic rings. The van der Waals surface area contributed by atoms with Crippen LogP contribution in [0, 0.1) is 0 Å². The third-order valence-electron chi connectivity index (χ3n) is 4.97. The molecule has 0 fully saturated rings. The fourth-order valence-corrected chi connectivity index (χ4v) is 4.36. The number of hydrogen-bond acceptors (Lipinski definition) is 6. The number of nitrogens with one attached hydrogen (secondary N) is 1. The molecule has 1 atom stereocenters. The molecular formula is C25H20N2O4S. The third-order valence-corrected chi connectivity index (χ3v) is 6.06. The first-order valence-electron chi connectivity index (χ1n) is 9.98. The van der Waals surface area contributed by atoms with Crippen LogP contribution < -0.4 is 10.9 Å². The van der Waals surface area contributed by atoms with E-state index in [1.807, 2.05) is 48.5 Å². The molecule has 1 amide bonds. The van der Waals surface area contributed by atoms with E-state index in [9.17, 15) is 14.4 Å². The minimum absolute atomic E-state index is 0.238. The maximum Gasteiger partial charge on any atom is 0.328 e. The number of benzene rings is 3. The summed E-state index contributed by atoms with van der Waals surface area (Å²) in [4.78, 5) is 41.5. The van der Waals surface area contributed by atoms with Crippen LogP contribution in [0.2, 0.25) is 0 Å². The van der Waals surface area contributed by atoms with E-state index >= 15 is 0 Å². The van der Waals surface area contributed by atoms with E-state index in [2.05, 4.69) is 10.3 Å². The van der Waals surface area contributed by atoms with Crippen LogP contribution in [0.1, 0.15) is 15.9 Å². The minimum atomic E-state index is -0.855. The highest BCUT2D eigenvalue weighted by atomic mass is 32.1. The molecule has 0 aliphatic carbocycles. The van der Waals surface area contributed by atoms with E-state index < -0.39 is 12.0 Å². The van der Waals surface area contributed by atoms with Crippen LogP contribution in [-0.2, 0) is 16.0 Å². The second-order valence-corrected chi connectivity index (χ2v) is 8.17. The Kier molecular flexibility index (Phi) is 6.37. The molecule has 3 aromatic carbocycles. The van der Waals surface area contributed by atoms with Gasteiger partial charge in [-0.05, 0) is 35.9 Å². The van der Waals surface area contributed by atoms with Gasteiger partial charge in [0.05, 0.1) is 12.5 Å². The Morgan fingerprint density at radius 1 is 1.00 bits per heavy atom. The molecule has 6 nitrogen and oxygen atoms in total. The molecule has 0 spiro atoms. The van der Waals surface area contributed by atoms with Crippen molar-refractivity contribution in [2.75, 3.05) is 7.11 Å². The summed E-state index contributed by atoms with van der Waals surface area (Å²) in [6.45, 7) is 0. The quantitative estimate of drug-likeness (QED) is 0.457. The number of ether oxygens (including phenoxy) is 1. The van der Waals surface area contributed by atoms with Crippen LogP contribution in [0.5, 0.6) is 0 Å². The monoisotopic (exact) mass is 444 g/mol. The zero-order valence-corrected chi connectivity index (χ0v) is 18.1. The molecule has 4 aromatic rings. The van der Waals surface area contributed by atoms with Crippen LogP contribution in [0.15, 0.2) is 83.7 Å². The fourth-order valence-electron chi connectivity index (χ4n) is 3.37. The zero-order valence-electron chi connectivity index (χ0n) is 17.3. The molecule has 160 valence electrons. The SMILES string of the molecule is COC(=O)C(Cc1cccc(-c2nc(=O)c3ccccc3s2)c1)NC(=O)c1ccccc1. The average Bonchev–Trinajstić information content (AvgIpc) is 2.83. The van der Waals surface area contributed by atoms with Gasteiger partial charge in [-0.15, -0.1) is 11.3 Å². The second-order valence-electron chi connectivity index (χ2n) is 7.14. The number of fused-ring (bicyclic) bond motifs is 1. The minimum Gasteiger partial charge on any atom is -0.467 e. The van der Waals surface area contributed by atoms with Gasteiger partial charge in [-0.1, -0.05) is 48.5 Å². The lowest BCUT2D eigenvalue weighted by Crippen LogP contribution is -2.43. The van der Waals surface area contributed by atoms with Crippen LogP contribution in [0.4, 0.5) is 0 Å². The first-order valence-corrected chi connectivity index (χ1v) is 10.8. The molecule has 1 aromatic heterocycles. The summed E-state index contributed by atoms with van der Waals surface area (Å²) in [5.41, 5.74) is 1.76. The van der Waals surface area contributed by atoms with Gasteiger partial charge >= 0.3 is 5.97 Å². The molecule has 0 radical (unpaired) electrons. The molecule has 4 rings (SSSR count). The fraction of sp³-hybridized carbons (Fsp3) is 0.120. The van der Waals surface area contributed by atoms with E-state index in [1.165, 1.54) is 18.4 Å². The lowest BCUT2D eigenvalue weighted by Gasteiger charge is -2.17. The molecule has 32 heavy (non-hydrogen) atoms. The van der Waals surface area contributed by atoms with E-state index in [-0.39, 0.29) is 17.9 Å². The number of esters is 1. The predicted molar refractivity (Wildman–Crippen MR) is 125 cm³/mol. The summed E-state index contributed by atoms with van der Waals surface area (Å²) in [7, 11) is 1.29. The Balaban J connectivity index is 1.61. The van der Waals surface area contributed by atoms with Crippen molar-refractivity contribution in [3.8, 4) is 10.6 Å². The highest BCUT2D eigenvalue weighted by Gasteiger charge is 2.23. The summed E-state index contributed by atoms with van der Waals surface area (Å²) in [6.07, 6.45) is 0.238. The topological polar surface area (TPSA) is 85.4 Å². The molecule has 0 aliphatic heterocycles. The number of rotatable bonds is 6. The van der Waals surface area contributed by atoms with Crippen molar-refractivity contribution in [3.05, 3.63) is 100 Å². The van der Waals surface area contributed by atoms with Crippen molar-refractivity contribution in [1.29, 1.82) is 0 Å². The zero-order chi connectivity index (χ0) is 22.5. The standard InChI is InChI=1S/C25H20N2O4S/c1-31-25(30)20(26-22(28)17-9-3-2-4-10-17)15-16-8-7-11-18(14-16)24-27-23(29)19-12-5-6-13-21(19)32-24/h2-14,20H,15H2,1H3,(H,26,28). The average molecular weight is 445 g/mol. The van der Waals surface area contributed by atoms with E-state index in [0.717, 1.165) is 15.8 Å². The van der Waals surface area contributed by atoms with E-state index in [4.69, 9.17) is 4.74 Å². The van der Waals surface area contributed by atoms with Crippen LogP contribution >= 0.6 is 11.3 Å². The number of aromatic nitrogens is 1. The lowest BCUT2D eigenvalue weighted by molar-refractivity contribution is -0.142. The first-order chi connectivity index (χ1) is 15.5. The number of nitrogens with zero attached hydrogens (tertiary/aromatic N) is 1. The Bertz CT molecular complexity index is 1330. The molecule has 1 N–H and O–H groups in total. The van der Waals surface area contributed by atoms with Gasteiger partial charge in [0, 0.05) is 22.2 Å². The van der Waals surface area contributed by atoms with Gasteiger partial charge in [-0.25, -0.2) is 4.79 Å². The molecular weight excluding hydrogens is 424 g/mol.